The topological polar surface area (TPSA) is 98.7 Å². The molecule has 0 atom stereocenters. The van der Waals surface area contributed by atoms with E-state index >= 15 is 0 Å². The summed E-state index contributed by atoms with van der Waals surface area (Å²) in [6.45, 7) is 4.05. The molecule has 0 bridgehead atoms. The molecule has 0 spiro atoms. The number of rotatable bonds is 3. The Labute approximate surface area is 189 Å². The largest absolute Gasteiger partial charge is 0.436 e. The highest BCUT2D eigenvalue weighted by Gasteiger charge is 2.12. The van der Waals surface area contributed by atoms with E-state index in [0.29, 0.717) is 16.5 Å². The highest BCUT2D eigenvalue weighted by atomic mass is 35.5. The van der Waals surface area contributed by atoms with Crippen LogP contribution < -0.4 is 10.6 Å². The molecule has 8 heteroatoms. The van der Waals surface area contributed by atoms with Crippen molar-refractivity contribution >= 4 is 51.6 Å². The number of aromatic nitrogens is 1. The van der Waals surface area contributed by atoms with E-state index in [1.54, 1.807) is 24.3 Å². The normalized spacial score (nSPS) is 10.4. The molecule has 158 valence electrons. The minimum atomic E-state index is -0.307. The van der Waals surface area contributed by atoms with Crippen molar-refractivity contribution in [2.45, 2.75) is 13.8 Å². The molecule has 1 aromatic heterocycles. The molecule has 6 nitrogen and oxygen atoms in total. The zero-order valence-corrected chi connectivity index (χ0v) is 18.4. The van der Waals surface area contributed by atoms with Crippen molar-refractivity contribution in [1.82, 2.24) is 10.3 Å². The molecule has 3 aromatic carbocycles. The van der Waals surface area contributed by atoms with E-state index in [1.807, 2.05) is 44.2 Å². The van der Waals surface area contributed by atoms with Gasteiger partial charge in [0.15, 0.2) is 10.7 Å². The van der Waals surface area contributed by atoms with Gasteiger partial charge in [-0.3, -0.25) is 10.1 Å². The number of halogens is 1. The first-order valence-electron chi connectivity index (χ1n) is 9.25. The van der Waals surface area contributed by atoms with Crippen LogP contribution in [0.15, 0.2) is 65.1 Å². The smallest absolute Gasteiger partial charge is 0.257 e. The van der Waals surface area contributed by atoms with Gasteiger partial charge in [-0.1, -0.05) is 17.7 Å². The van der Waals surface area contributed by atoms with Crippen LogP contribution in [0.3, 0.4) is 0 Å². The molecule has 4 N–H and O–H groups in total. The number of nitrogens with one attached hydrogen (secondary N) is 2. The quantitative estimate of drug-likeness (QED) is 0.422. The highest BCUT2D eigenvalue weighted by molar-refractivity contribution is 7.80. The minimum Gasteiger partial charge on any atom is -0.436 e. The van der Waals surface area contributed by atoms with Gasteiger partial charge in [0.1, 0.15) is 5.52 Å². The highest BCUT2D eigenvalue weighted by Crippen LogP contribution is 2.28. The zero-order valence-electron chi connectivity index (χ0n) is 16.8. The van der Waals surface area contributed by atoms with Crippen molar-refractivity contribution in [3.63, 3.8) is 0 Å². The lowest BCUT2D eigenvalue weighted by atomic mass is 10.1. The van der Waals surface area contributed by atoms with E-state index in [1.165, 1.54) is 0 Å². The number of thiocarbonyl (C=S) groups is 1. The van der Waals surface area contributed by atoms with E-state index in [4.69, 9.17) is 28.2 Å². The molecule has 0 radical (unpaired) electrons. The van der Waals surface area contributed by atoms with Crippen LogP contribution in [0.4, 0.5) is 5.69 Å². The van der Waals surface area contributed by atoms with Gasteiger partial charge in [-0.05, 0) is 91.8 Å². The predicted octanol–water partition coefficient (Wildman–Crippen LogP) is 5.07. The maximum atomic E-state index is 12.2. The van der Waals surface area contributed by atoms with Crippen molar-refractivity contribution in [2.75, 3.05) is 5.32 Å². The summed E-state index contributed by atoms with van der Waals surface area (Å²) in [6, 6.07) is 18.1. The third-order valence-corrected chi connectivity index (χ3v) is 5.00. The summed E-state index contributed by atoms with van der Waals surface area (Å²) in [5.74, 6) is 0.252. The van der Waals surface area contributed by atoms with Gasteiger partial charge >= 0.3 is 0 Å². The fraction of sp³-hybridized carbons (Fsp3) is 0.0870. The van der Waals surface area contributed by atoms with Crippen molar-refractivity contribution in [2.24, 2.45) is 0 Å². The minimum absolute atomic E-state index is 0. The van der Waals surface area contributed by atoms with Gasteiger partial charge < -0.3 is 15.2 Å². The molecular formula is C23H20ClN3O3S. The molecule has 1 heterocycles. The van der Waals surface area contributed by atoms with Crippen molar-refractivity contribution in [1.29, 1.82) is 0 Å². The molecular weight excluding hydrogens is 434 g/mol. The Kier molecular flexibility index (Phi) is 6.70. The maximum Gasteiger partial charge on any atom is 0.257 e. The molecule has 0 fully saturated rings. The number of amides is 1. The predicted molar refractivity (Wildman–Crippen MR) is 128 cm³/mol. The number of benzene rings is 3. The molecule has 4 aromatic rings. The average molecular weight is 454 g/mol. The van der Waals surface area contributed by atoms with Gasteiger partial charge in [-0.15, -0.1) is 0 Å². The Balaban J connectivity index is 0.00000272. The van der Waals surface area contributed by atoms with Crippen LogP contribution in [0.25, 0.3) is 22.6 Å². The number of aryl methyl sites for hydroxylation is 2. The van der Waals surface area contributed by atoms with Crippen LogP contribution in [0.2, 0.25) is 5.02 Å². The summed E-state index contributed by atoms with van der Waals surface area (Å²) < 4.78 is 5.95. The van der Waals surface area contributed by atoms with E-state index in [-0.39, 0.29) is 16.5 Å². The number of fused-ring (bicyclic) bond motifs is 1. The van der Waals surface area contributed by atoms with E-state index in [2.05, 4.69) is 21.7 Å². The first kappa shape index (κ1) is 22.4. The lowest BCUT2D eigenvalue weighted by molar-refractivity contribution is 0.0977. The Morgan fingerprint density at radius 1 is 1.03 bits per heavy atom. The Hall–Kier alpha value is -3.26. The van der Waals surface area contributed by atoms with Gasteiger partial charge in [0.05, 0.1) is 0 Å². The molecule has 4 rings (SSSR count). The van der Waals surface area contributed by atoms with Crippen molar-refractivity contribution < 1.29 is 14.7 Å². The number of carbonyl (C=O) groups is 1. The number of carbonyl (C=O) groups excluding carboxylic acids is 1. The van der Waals surface area contributed by atoms with E-state index in [9.17, 15) is 4.79 Å². The SMILES string of the molecule is Cc1cc(C)c2oc(-c3ccc(NC(=S)NC(=O)c4ccc(Cl)cc4)cc3)nc2c1.O. The Morgan fingerprint density at radius 3 is 2.39 bits per heavy atom. The molecule has 0 aliphatic rings. The number of nitrogens with zero attached hydrogens (tertiary/aromatic N) is 1. The van der Waals surface area contributed by atoms with E-state index in [0.717, 1.165) is 33.5 Å². The molecule has 31 heavy (non-hydrogen) atoms. The van der Waals surface area contributed by atoms with Crippen LogP contribution in [-0.4, -0.2) is 21.5 Å². The van der Waals surface area contributed by atoms with Gasteiger partial charge in [-0.25, -0.2) is 4.98 Å². The molecule has 0 aliphatic heterocycles. The van der Waals surface area contributed by atoms with Crippen LogP contribution in [0, 0.1) is 13.8 Å². The molecule has 0 saturated heterocycles. The lowest BCUT2D eigenvalue weighted by Crippen LogP contribution is -2.34. The maximum absolute atomic E-state index is 12.2. The van der Waals surface area contributed by atoms with Gasteiger partial charge in [-0.2, -0.15) is 0 Å². The number of hydrogen-bond donors (Lipinski definition) is 2. The first-order valence-corrected chi connectivity index (χ1v) is 10.0. The fourth-order valence-corrected chi connectivity index (χ4v) is 3.47. The fourth-order valence-electron chi connectivity index (χ4n) is 3.14. The second-order valence-electron chi connectivity index (χ2n) is 6.94. The third-order valence-electron chi connectivity index (χ3n) is 4.54. The standard InChI is InChI=1S/C23H18ClN3O2S.H2O/c1-13-11-14(2)20-19(12-13)26-22(29-20)16-5-9-18(10-6-16)25-23(30)27-21(28)15-3-7-17(24)8-4-15;/h3-12H,1-2H3,(H2,25,27,28,30);1H2. The van der Waals surface area contributed by atoms with Crippen molar-refractivity contribution in [3.05, 3.63) is 82.4 Å². The zero-order chi connectivity index (χ0) is 21.3. The molecule has 0 saturated carbocycles. The molecule has 0 aliphatic carbocycles. The van der Waals surface area contributed by atoms with Crippen LogP contribution >= 0.6 is 23.8 Å². The summed E-state index contributed by atoms with van der Waals surface area (Å²) in [5.41, 5.74) is 5.91. The number of anilines is 1. The average Bonchev–Trinajstić information content (AvgIpc) is 3.13. The number of hydrogen-bond acceptors (Lipinski definition) is 4. The monoisotopic (exact) mass is 453 g/mol. The molecule has 1 amide bonds. The van der Waals surface area contributed by atoms with Gasteiger partial charge in [0.25, 0.3) is 5.91 Å². The van der Waals surface area contributed by atoms with Crippen LogP contribution in [0.5, 0.6) is 0 Å². The second-order valence-corrected chi connectivity index (χ2v) is 7.79. The summed E-state index contributed by atoms with van der Waals surface area (Å²) in [4.78, 5) is 16.8. The summed E-state index contributed by atoms with van der Waals surface area (Å²) in [6.07, 6.45) is 0. The van der Waals surface area contributed by atoms with E-state index < -0.39 is 0 Å². The Bertz CT molecular complexity index is 1250. The van der Waals surface area contributed by atoms with Gasteiger partial charge in [0.2, 0.25) is 5.89 Å². The molecule has 0 unspecified atom stereocenters. The Morgan fingerprint density at radius 2 is 1.71 bits per heavy atom. The summed E-state index contributed by atoms with van der Waals surface area (Å²) >= 11 is 11.1. The lowest BCUT2D eigenvalue weighted by Gasteiger charge is -2.10. The first-order chi connectivity index (χ1) is 14.4. The third kappa shape index (κ3) is 5.08. The van der Waals surface area contributed by atoms with Crippen LogP contribution in [0.1, 0.15) is 21.5 Å². The van der Waals surface area contributed by atoms with Gasteiger partial charge in [0, 0.05) is 21.8 Å². The second kappa shape index (κ2) is 9.26. The van der Waals surface area contributed by atoms with Crippen LogP contribution in [-0.2, 0) is 0 Å². The number of oxazole rings is 1. The summed E-state index contributed by atoms with van der Waals surface area (Å²) in [7, 11) is 0. The van der Waals surface area contributed by atoms with Crippen molar-refractivity contribution in [3.8, 4) is 11.5 Å². The summed E-state index contributed by atoms with van der Waals surface area (Å²) in [5, 5.41) is 6.42.